The summed E-state index contributed by atoms with van der Waals surface area (Å²) in [7, 11) is 0. The quantitative estimate of drug-likeness (QED) is 0.0374. The van der Waals surface area contributed by atoms with Gasteiger partial charge in [0.15, 0.2) is 6.10 Å². The predicted molar refractivity (Wildman–Crippen MR) is 288 cm³/mol. The summed E-state index contributed by atoms with van der Waals surface area (Å²) in [5.74, 6) is -0.600. The lowest BCUT2D eigenvalue weighted by atomic mass is 10.0. The van der Waals surface area contributed by atoms with E-state index >= 15 is 0 Å². The minimum Gasteiger partial charge on any atom is -0.462 e. The highest BCUT2D eigenvalue weighted by molar-refractivity contribution is 5.70. The summed E-state index contributed by atoms with van der Waals surface area (Å²) in [6, 6.07) is 0. The Morgan fingerprint density at radius 3 is 0.909 bits per heavy atom. The van der Waals surface area contributed by atoms with Crippen LogP contribution in [-0.4, -0.2) is 36.4 Å². The Kier molecular flexibility index (Phi) is 53.0. The number of hydrogen-bond donors (Lipinski definition) is 1. The van der Waals surface area contributed by atoms with E-state index in [1.807, 2.05) is 0 Å². The first-order chi connectivity index (χ1) is 32.6. The van der Waals surface area contributed by atoms with E-state index in [4.69, 9.17) is 9.47 Å². The van der Waals surface area contributed by atoms with Crippen LogP contribution in [0.3, 0.4) is 0 Å². The van der Waals surface area contributed by atoms with E-state index in [0.717, 1.165) is 103 Å². The molecule has 0 spiro atoms. The van der Waals surface area contributed by atoms with Crippen molar-refractivity contribution in [1.29, 1.82) is 0 Å². The zero-order chi connectivity index (χ0) is 47.7. The van der Waals surface area contributed by atoms with E-state index in [2.05, 4.69) is 123 Å². The molecule has 0 aromatic heterocycles. The van der Waals surface area contributed by atoms with Crippen molar-refractivity contribution in [3.63, 3.8) is 0 Å². The molecule has 0 fully saturated rings. The fraction of sp³-hybridized carbons (Fsp3) is 0.672. The molecule has 66 heavy (non-hydrogen) atoms. The smallest absolute Gasteiger partial charge is 0.306 e. The fourth-order valence-corrected chi connectivity index (χ4v) is 7.51. The molecule has 0 radical (unpaired) electrons. The SMILES string of the molecule is CC/C=C\C/C=C\C/C=C\C/C=C\C/C=C\CCCCCCCCCCCCCCCCCC(=O)OC(CO)COC(=O)CCCCCCCCCC/C=C\C/C=C\C/C=C\C/C=C\CC. The van der Waals surface area contributed by atoms with E-state index in [0.29, 0.717) is 12.8 Å². The Bertz CT molecular complexity index is 1310. The Morgan fingerprint density at radius 1 is 0.348 bits per heavy atom. The number of carbonyl (C=O) groups excluding carboxylic acids is 2. The summed E-state index contributed by atoms with van der Waals surface area (Å²) >= 11 is 0. The molecule has 5 nitrogen and oxygen atoms in total. The third-order valence-electron chi connectivity index (χ3n) is 11.6. The highest BCUT2D eigenvalue weighted by Crippen LogP contribution is 2.15. The summed E-state index contributed by atoms with van der Waals surface area (Å²) in [5.41, 5.74) is 0. The van der Waals surface area contributed by atoms with Gasteiger partial charge in [0.2, 0.25) is 0 Å². The minimum absolute atomic E-state index is 0.0744. The zero-order valence-corrected chi connectivity index (χ0v) is 42.9. The van der Waals surface area contributed by atoms with E-state index in [-0.39, 0.29) is 25.2 Å². The first kappa shape index (κ1) is 62.6. The summed E-state index contributed by atoms with van der Waals surface area (Å²) in [6.07, 6.45) is 80.5. The van der Waals surface area contributed by atoms with E-state index in [1.165, 1.54) is 116 Å². The van der Waals surface area contributed by atoms with Crippen LogP contribution in [0.25, 0.3) is 0 Å². The average molecular weight is 915 g/mol. The lowest BCUT2D eigenvalue weighted by Gasteiger charge is -2.15. The molecule has 0 rings (SSSR count). The van der Waals surface area contributed by atoms with Gasteiger partial charge in [-0.05, 0) is 96.3 Å². The van der Waals surface area contributed by atoms with Gasteiger partial charge in [-0.15, -0.1) is 0 Å². The molecule has 0 saturated carbocycles. The van der Waals surface area contributed by atoms with Gasteiger partial charge in [0, 0.05) is 12.8 Å². The van der Waals surface area contributed by atoms with Crippen LogP contribution in [0.15, 0.2) is 109 Å². The number of esters is 2. The van der Waals surface area contributed by atoms with Crippen LogP contribution in [0.1, 0.15) is 245 Å². The van der Waals surface area contributed by atoms with Gasteiger partial charge in [-0.25, -0.2) is 0 Å². The van der Waals surface area contributed by atoms with Crippen LogP contribution in [-0.2, 0) is 19.1 Å². The van der Waals surface area contributed by atoms with Crippen molar-refractivity contribution in [2.24, 2.45) is 0 Å². The van der Waals surface area contributed by atoms with E-state index < -0.39 is 6.10 Å². The van der Waals surface area contributed by atoms with Gasteiger partial charge < -0.3 is 14.6 Å². The molecule has 0 aromatic rings. The molecule has 1 atom stereocenters. The molecule has 1 N–H and O–H groups in total. The van der Waals surface area contributed by atoms with Crippen LogP contribution in [0.4, 0.5) is 0 Å². The molecule has 0 saturated heterocycles. The molecule has 0 aliphatic heterocycles. The minimum atomic E-state index is -0.782. The number of unbranched alkanes of at least 4 members (excludes halogenated alkanes) is 23. The van der Waals surface area contributed by atoms with Gasteiger partial charge in [0.1, 0.15) is 6.61 Å². The van der Waals surface area contributed by atoms with Crippen molar-refractivity contribution in [3.05, 3.63) is 109 Å². The fourth-order valence-electron chi connectivity index (χ4n) is 7.51. The second-order valence-corrected chi connectivity index (χ2v) is 17.9. The molecule has 376 valence electrons. The number of ether oxygens (including phenoxy) is 2. The Morgan fingerprint density at radius 2 is 0.606 bits per heavy atom. The maximum atomic E-state index is 12.3. The van der Waals surface area contributed by atoms with E-state index in [1.54, 1.807) is 0 Å². The number of hydrogen-bond acceptors (Lipinski definition) is 5. The Balaban J connectivity index is 3.51. The summed E-state index contributed by atoms with van der Waals surface area (Å²) in [4.78, 5) is 24.5. The monoisotopic (exact) mass is 915 g/mol. The largest absolute Gasteiger partial charge is 0.462 e. The molecule has 5 heteroatoms. The molecule has 0 bridgehead atoms. The van der Waals surface area contributed by atoms with Gasteiger partial charge >= 0.3 is 11.9 Å². The maximum Gasteiger partial charge on any atom is 0.306 e. The number of aliphatic hydroxyl groups is 1. The molecule has 0 aromatic carbocycles. The predicted octanol–water partition coefficient (Wildman–Crippen LogP) is 18.5. The third kappa shape index (κ3) is 53.2. The number of rotatable bonds is 49. The molecule has 1 unspecified atom stereocenters. The second kappa shape index (κ2) is 55.9. The standard InChI is InChI=1S/C61H102O5/c1-3-5-7-9-11-13-15-17-19-21-23-25-26-27-28-29-30-31-32-33-34-36-38-40-42-44-46-48-50-52-54-56-61(64)66-59(57-62)58-65-60(63)55-53-51-49-47-45-43-41-39-37-35-24-22-20-18-16-14-12-10-8-6-4-2/h5-8,11-14,17-20,23-25,27-28,35,59,62H,3-4,9-10,15-16,21-22,26,29-34,36-58H2,1-2H3/b7-5-,8-6-,13-11-,14-12-,19-17-,20-18-,25-23-,28-27-,35-24-. The molecule has 0 aliphatic rings. The van der Waals surface area contributed by atoms with Crippen molar-refractivity contribution < 1.29 is 24.2 Å². The average Bonchev–Trinajstić information content (AvgIpc) is 3.32. The lowest BCUT2D eigenvalue weighted by Crippen LogP contribution is -2.28. The normalized spacial score (nSPS) is 13.1. The first-order valence-electron chi connectivity index (χ1n) is 27.4. The van der Waals surface area contributed by atoms with Gasteiger partial charge in [-0.3, -0.25) is 9.59 Å². The highest BCUT2D eigenvalue weighted by atomic mass is 16.6. The summed E-state index contributed by atoms with van der Waals surface area (Å²) in [6.45, 7) is 3.92. The van der Waals surface area contributed by atoms with Crippen molar-refractivity contribution in [3.8, 4) is 0 Å². The second-order valence-electron chi connectivity index (χ2n) is 17.9. The van der Waals surface area contributed by atoms with Gasteiger partial charge in [0.25, 0.3) is 0 Å². The van der Waals surface area contributed by atoms with Crippen LogP contribution >= 0.6 is 0 Å². The zero-order valence-electron chi connectivity index (χ0n) is 42.9. The van der Waals surface area contributed by atoms with Crippen molar-refractivity contribution in [2.45, 2.75) is 251 Å². The van der Waals surface area contributed by atoms with Crippen molar-refractivity contribution in [1.82, 2.24) is 0 Å². The number of carbonyl (C=O) groups is 2. The highest BCUT2D eigenvalue weighted by Gasteiger charge is 2.16. The van der Waals surface area contributed by atoms with E-state index in [9.17, 15) is 14.7 Å². The Hall–Kier alpha value is -3.44. The molecule has 0 aliphatic carbocycles. The summed E-state index contributed by atoms with van der Waals surface area (Å²) in [5, 5.41) is 9.65. The first-order valence-corrected chi connectivity index (χ1v) is 27.4. The van der Waals surface area contributed by atoms with Crippen molar-refractivity contribution in [2.75, 3.05) is 13.2 Å². The van der Waals surface area contributed by atoms with Crippen LogP contribution in [0.2, 0.25) is 0 Å². The van der Waals surface area contributed by atoms with Crippen LogP contribution in [0.5, 0.6) is 0 Å². The van der Waals surface area contributed by atoms with Crippen LogP contribution < -0.4 is 0 Å². The molecule has 0 amide bonds. The number of allylic oxidation sites excluding steroid dienone is 18. The molecular weight excluding hydrogens is 813 g/mol. The molecule has 0 heterocycles. The molecular formula is C61H102O5. The topological polar surface area (TPSA) is 72.8 Å². The summed E-state index contributed by atoms with van der Waals surface area (Å²) < 4.78 is 10.7. The van der Waals surface area contributed by atoms with Gasteiger partial charge in [-0.2, -0.15) is 0 Å². The van der Waals surface area contributed by atoms with Crippen molar-refractivity contribution >= 4 is 11.9 Å². The Labute approximate surface area is 408 Å². The lowest BCUT2D eigenvalue weighted by molar-refractivity contribution is -0.161. The van der Waals surface area contributed by atoms with Gasteiger partial charge in [-0.1, -0.05) is 245 Å². The maximum absolute atomic E-state index is 12.3. The third-order valence-corrected chi connectivity index (χ3v) is 11.6. The van der Waals surface area contributed by atoms with Gasteiger partial charge in [0.05, 0.1) is 6.61 Å². The van der Waals surface area contributed by atoms with Crippen LogP contribution in [0, 0.1) is 0 Å². The number of aliphatic hydroxyl groups excluding tert-OH is 1.